The van der Waals surface area contributed by atoms with Crippen LogP contribution in [-0.2, 0) is 16.0 Å². The first-order chi connectivity index (χ1) is 21.1. The zero-order valence-electron chi connectivity index (χ0n) is 24.3. The van der Waals surface area contributed by atoms with Crippen molar-refractivity contribution in [3.05, 3.63) is 88.5 Å². The van der Waals surface area contributed by atoms with Gasteiger partial charge in [-0.15, -0.1) is 0 Å². The van der Waals surface area contributed by atoms with Crippen LogP contribution in [0.3, 0.4) is 0 Å². The van der Waals surface area contributed by atoms with Crippen molar-refractivity contribution in [1.82, 2.24) is 4.90 Å². The lowest BCUT2D eigenvalue weighted by atomic mass is 10.0. The number of halogens is 2. The SMILES string of the molecule is NC(=NC(=O)c1ccc(N2CCN(CC(=O)O)CC2)cc1NC1CCOCC1)c1cc(Cc2cc(F)cc(F)c2)ccc1N. The standard InChI is InChI=1S/C32H36F2N6O4/c33-22-14-21(15-23(34)17-22)13-20-1-4-28(35)27(16-20)31(36)38-32(43)26-3-2-25(18-29(26)37-24-5-11-44-12-6-24)40-9-7-39(8-10-40)19-30(41)42/h1-4,14-18,24,37H,5-13,19,35H2,(H,41,42)(H2,36,38,43). The van der Waals surface area contributed by atoms with Gasteiger partial charge >= 0.3 is 5.97 Å². The van der Waals surface area contributed by atoms with Gasteiger partial charge in [0.1, 0.15) is 17.5 Å². The first-order valence-electron chi connectivity index (χ1n) is 14.5. The quantitative estimate of drug-likeness (QED) is 0.163. The maximum Gasteiger partial charge on any atom is 0.317 e. The number of nitrogens with one attached hydrogen (secondary N) is 1. The number of carboxylic acids is 1. The molecule has 10 nitrogen and oxygen atoms in total. The van der Waals surface area contributed by atoms with Gasteiger partial charge in [-0.05, 0) is 72.9 Å². The Kier molecular flexibility index (Phi) is 9.71. The van der Waals surface area contributed by atoms with Crippen LogP contribution < -0.4 is 21.7 Å². The Hall–Kier alpha value is -4.55. The van der Waals surface area contributed by atoms with Crippen molar-refractivity contribution in [3.63, 3.8) is 0 Å². The van der Waals surface area contributed by atoms with Crippen LogP contribution in [0.4, 0.5) is 25.8 Å². The minimum absolute atomic E-state index is 0.00798. The third-order valence-electron chi connectivity index (χ3n) is 7.86. The predicted octanol–water partition coefficient (Wildman–Crippen LogP) is 3.48. The normalized spacial score (nSPS) is 16.6. The Labute approximate surface area is 254 Å². The molecule has 12 heteroatoms. The van der Waals surface area contributed by atoms with Gasteiger partial charge in [-0.2, -0.15) is 4.99 Å². The second-order valence-electron chi connectivity index (χ2n) is 11.1. The molecule has 0 spiro atoms. The van der Waals surface area contributed by atoms with Crippen LogP contribution in [0, 0.1) is 11.6 Å². The van der Waals surface area contributed by atoms with Crippen molar-refractivity contribution in [2.75, 3.05) is 61.9 Å². The lowest BCUT2D eigenvalue weighted by Crippen LogP contribution is -2.48. The number of hydrogen-bond donors (Lipinski definition) is 4. The average molecular weight is 607 g/mol. The Morgan fingerprint density at radius 2 is 1.64 bits per heavy atom. The number of anilines is 3. The summed E-state index contributed by atoms with van der Waals surface area (Å²) in [6, 6.07) is 14.0. The van der Waals surface area contributed by atoms with Gasteiger partial charge in [-0.25, -0.2) is 8.78 Å². The lowest BCUT2D eigenvalue weighted by molar-refractivity contribution is -0.138. The highest BCUT2D eigenvalue weighted by molar-refractivity contribution is 6.12. The maximum atomic E-state index is 13.7. The molecule has 6 N–H and O–H groups in total. The molecule has 2 aliphatic heterocycles. The highest BCUT2D eigenvalue weighted by atomic mass is 19.1. The number of amides is 1. The van der Waals surface area contributed by atoms with Gasteiger partial charge in [0, 0.05) is 74.1 Å². The molecule has 0 radical (unpaired) electrons. The Morgan fingerprint density at radius 1 is 0.932 bits per heavy atom. The molecule has 3 aromatic rings. The van der Waals surface area contributed by atoms with Crippen molar-refractivity contribution in [2.24, 2.45) is 10.7 Å². The van der Waals surface area contributed by atoms with Gasteiger partial charge in [0.05, 0.1) is 12.1 Å². The molecule has 5 rings (SSSR count). The van der Waals surface area contributed by atoms with E-state index in [4.69, 9.17) is 21.3 Å². The summed E-state index contributed by atoms with van der Waals surface area (Å²) >= 11 is 0. The Bertz CT molecular complexity index is 1530. The number of benzene rings is 3. The molecule has 232 valence electrons. The van der Waals surface area contributed by atoms with Crippen LogP contribution in [0.1, 0.15) is 39.9 Å². The first kappa shape index (κ1) is 30.9. The molecule has 2 fully saturated rings. The van der Waals surface area contributed by atoms with Crippen molar-refractivity contribution in [2.45, 2.75) is 25.3 Å². The molecule has 0 atom stereocenters. The molecule has 3 aromatic carbocycles. The Balaban J connectivity index is 1.38. The molecular formula is C32H36F2N6O4. The van der Waals surface area contributed by atoms with Crippen LogP contribution in [0.5, 0.6) is 0 Å². The van der Waals surface area contributed by atoms with Crippen molar-refractivity contribution in [3.8, 4) is 0 Å². The number of ether oxygens (including phenoxy) is 1. The molecule has 2 aliphatic rings. The number of nitrogen functional groups attached to an aromatic ring is 1. The smallest absolute Gasteiger partial charge is 0.317 e. The number of aliphatic imine (C=N–C) groups is 1. The monoisotopic (exact) mass is 606 g/mol. The maximum absolute atomic E-state index is 13.7. The molecule has 0 aromatic heterocycles. The van der Waals surface area contributed by atoms with E-state index >= 15 is 0 Å². The van der Waals surface area contributed by atoms with E-state index in [2.05, 4.69) is 15.2 Å². The molecule has 0 saturated carbocycles. The van der Waals surface area contributed by atoms with Gasteiger partial charge in [0.25, 0.3) is 5.91 Å². The van der Waals surface area contributed by atoms with Gasteiger partial charge in [0.2, 0.25) is 0 Å². The molecule has 2 heterocycles. The molecule has 44 heavy (non-hydrogen) atoms. The van der Waals surface area contributed by atoms with Crippen LogP contribution in [0.15, 0.2) is 59.6 Å². The van der Waals surface area contributed by atoms with Gasteiger partial charge < -0.3 is 31.5 Å². The third kappa shape index (κ3) is 7.88. The molecule has 0 bridgehead atoms. The molecule has 0 aliphatic carbocycles. The zero-order chi connectivity index (χ0) is 31.2. The number of amidine groups is 1. The topological polar surface area (TPSA) is 147 Å². The van der Waals surface area contributed by atoms with Crippen LogP contribution in [0.25, 0.3) is 0 Å². The van der Waals surface area contributed by atoms with E-state index in [0.29, 0.717) is 73.0 Å². The summed E-state index contributed by atoms with van der Waals surface area (Å²) in [5.74, 6) is -2.81. The highest BCUT2D eigenvalue weighted by Gasteiger charge is 2.23. The summed E-state index contributed by atoms with van der Waals surface area (Å²) < 4.78 is 32.9. The minimum atomic E-state index is -0.848. The molecule has 2 saturated heterocycles. The van der Waals surface area contributed by atoms with Gasteiger partial charge in [-0.1, -0.05) is 6.07 Å². The highest BCUT2D eigenvalue weighted by Crippen LogP contribution is 2.28. The number of carboxylic acid groups (broad SMARTS) is 1. The lowest BCUT2D eigenvalue weighted by Gasteiger charge is -2.35. The summed E-state index contributed by atoms with van der Waals surface area (Å²) in [5, 5.41) is 12.6. The minimum Gasteiger partial charge on any atom is -0.480 e. The summed E-state index contributed by atoms with van der Waals surface area (Å²) in [6.45, 7) is 3.79. The van der Waals surface area contributed by atoms with E-state index in [-0.39, 0.29) is 24.8 Å². The number of piperazine rings is 1. The van der Waals surface area contributed by atoms with Crippen LogP contribution >= 0.6 is 0 Å². The fraction of sp³-hybridized carbons (Fsp3) is 0.344. The first-order valence-corrected chi connectivity index (χ1v) is 14.5. The van der Waals surface area contributed by atoms with Crippen molar-refractivity contribution in [1.29, 1.82) is 0 Å². The number of nitrogens with zero attached hydrogens (tertiary/aromatic N) is 3. The van der Waals surface area contributed by atoms with Crippen molar-refractivity contribution >= 4 is 34.8 Å². The summed E-state index contributed by atoms with van der Waals surface area (Å²) in [6.07, 6.45) is 1.81. The van der Waals surface area contributed by atoms with Gasteiger partial charge in [0.15, 0.2) is 0 Å². The number of aliphatic carboxylic acids is 1. The number of carbonyl (C=O) groups is 2. The number of nitrogens with two attached hydrogens (primary N) is 2. The van der Waals surface area contributed by atoms with E-state index < -0.39 is 23.5 Å². The van der Waals surface area contributed by atoms with E-state index in [1.165, 1.54) is 12.1 Å². The fourth-order valence-corrected chi connectivity index (χ4v) is 5.57. The predicted molar refractivity (Wildman–Crippen MR) is 165 cm³/mol. The molecular weight excluding hydrogens is 570 g/mol. The van der Waals surface area contributed by atoms with E-state index in [1.807, 2.05) is 17.0 Å². The third-order valence-corrected chi connectivity index (χ3v) is 7.86. The van der Waals surface area contributed by atoms with Crippen LogP contribution in [0.2, 0.25) is 0 Å². The van der Waals surface area contributed by atoms with Crippen molar-refractivity contribution < 1.29 is 28.2 Å². The van der Waals surface area contributed by atoms with E-state index in [0.717, 1.165) is 24.6 Å². The summed E-state index contributed by atoms with van der Waals surface area (Å²) in [4.78, 5) is 32.9. The number of hydrogen-bond acceptors (Lipinski definition) is 7. The van der Waals surface area contributed by atoms with Gasteiger partial charge in [-0.3, -0.25) is 14.5 Å². The largest absolute Gasteiger partial charge is 0.480 e. The number of carbonyl (C=O) groups excluding carboxylic acids is 1. The molecule has 1 amide bonds. The van der Waals surface area contributed by atoms with E-state index in [9.17, 15) is 18.4 Å². The number of rotatable bonds is 9. The second-order valence-corrected chi connectivity index (χ2v) is 11.1. The average Bonchev–Trinajstić information content (AvgIpc) is 2.98. The van der Waals surface area contributed by atoms with Crippen LogP contribution in [-0.4, -0.2) is 79.7 Å². The molecule has 0 unspecified atom stereocenters. The fourth-order valence-electron chi connectivity index (χ4n) is 5.57. The Morgan fingerprint density at radius 3 is 2.32 bits per heavy atom. The summed E-state index contributed by atoms with van der Waals surface area (Å²) in [5.41, 5.74) is 16.2. The zero-order valence-corrected chi connectivity index (χ0v) is 24.3. The van der Waals surface area contributed by atoms with E-state index in [1.54, 1.807) is 24.3 Å². The summed E-state index contributed by atoms with van der Waals surface area (Å²) in [7, 11) is 0. The second kappa shape index (κ2) is 13.8.